The van der Waals surface area contributed by atoms with Crippen LogP contribution in [0.4, 0.5) is 5.82 Å². The number of anilines is 1. The normalized spacial score (nSPS) is 23.4. The van der Waals surface area contributed by atoms with Crippen LogP contribution in [0, 0.1) is 5.41 Å². The highest BCUT2D eigenvalue weighted by atomic mass is 16.5. The molecule has 2 bridgehead atoms. The summed E-state index contributed by atoms with van der Waals surface area (Å²) in [4.78, 5) is 25.8. The second kappa shape index (κ2) is 6.83. The minimum atomic E-state index is -0.662. The highest BCUT2D eigenvalue weighted by Gasteiger charge is 2.54. The molecule has 1 unspecified atom stereocenters. The van der Waals surface area contributed by atoms with Gasteiger partial charge in [-0.05, 0) is 42.5 Å². The lowest BCUT2D eigenvalue weighted by molar-refractivity contribution is -0.126. The average Bonchev–Trinajstić information content (AvgIpc) is 3.22. The van der Waals surface area contributed by atoms with Crippen molar-refractivity contribution in [1.82, 2.24) is 10.2 Å². The minimum absolute atomic E-state index is 0.0520. The van der Waals surface area contributed by atoms with Gasteiger partial charge in [0.2, 0.25) is 5.91 Å². The van der Waals surface area contributed by atoms with E-state index in [9.17, 15) is 9.59 Å². The first-order valence-corrected chi connectivity index (χ1v) is 10.2. The Hall–Kier alpha value is -3.41. The van der Waals surface area contributed by atoms with Gasteiger partial charge in [-0.1, -0.05) is 48.5 Å². The number of nitrogens with zero attached hydrogens (tertiary/aromatic N) is 1. The molecule has 3 aliphatic carbocycles. The van der Waals surface area contributed by atoms with E-state index in [-0.39, 0.29) is 35.7 Å². The molecule has 1 aromatic heterocycles. The number of benzene rings is 2. The van der Waals surface area contributed by atoms with Crippen molar-refractivity contribution in [2.24, 2.45) is 5.41 Å². The molecule has 6 heteroatoms. The Morgan fingerprint density at radius 2 is 1.70 bits per heavy atom. The highest BCUT2D eigenvalue weighted by Crippen LogP contribution is 2.61. The maximum Gasteiger partial charge on any atom is 0.343 e. The third-order valence-electron chi connectivity index (χ3n) is 6.52. The molecule has 1 atom stereocenters. The third-order valence-corrected chi connectivity index (χ3v) is 6.52. The van der Waals surface area contributed by atoms with Crippen LogP contribution >= 0.6 is 0 Å². The van der Waals surface area contributed by atoms with Crippen molar-refractivity contribution in [1.29, 1.82) is 0 Å². The Morgan fingerprint density at radius 3 is 2.30 bits per heavy atom. The van der Waals surface area contributed by atoms with Gasteiger partial charge in [0.05, 0.1) is 18.2 Å². The Labute approximate surface area is 174 Å². The standard InChI is InChI=1S/C24H23N3O3/c1-3-30-22(28)19-13-25-27-21(19)26-23(29)24(2)12-18-14-8-4-6-10-16(14)20(24)17-11-7-5-9-15(17)18/h4-11,13,18,20H,3,12H2,1-2H3,(H2,25,26,27,29). The number of hydrogen-bond donors (Lipinski definition) is 2. The van der Waals surface area contributed by atoms with E-state index in [1.54, 1.807) is 6.92 Å². The van der Waals surface area contributed by atoms with E-state index in [4.69, 9.17) is 4.74 Å². The zero-order valence-electron chi connectivity index (χ0n) is 16.9. The number of nitrogens with one attached hydrogen (secondary N) is 2. The Balaban J connectivity index is 1.54. The number of H-pyrrole nitrogens is 1. The van der Waals surface area contributed by atoms with E-state index in [0.29, 0.717) is 6.42 Å². The summed E-state index contributed by atoms with van der Waals surface area (Å²) in [5.74, 6) is -0.236. The fraction of sp³-hybridized carbons (Fsp3) is 0.292. The molecule has 2 N–H and O–H groups in total. The van der Waals surface area contributed by atoms with Gasteiger partial charge in [0, 0.05) is 11.8 Å². The van der Waals surface area contributed by atoms with Crippen molar-refractivity contribution in [2.75, 3.05) is 11.9 Å². The van der Waals surface area contributed by atoms with Crippen LogP contribution in [0.25, 0.3) is 0 Å². The number of rotatable bonds is 4. The number of aromatic nitrogens is 2. The summed E-state index contributed by atoms with van der Waals surface area (Å²) in [5.41, 5.74) is 4.60. The van der Waals surface area contributed by atoms with Gasteiger partial charge in [-0.25, -0.2) is 4.79 Å². The maximum atomic E-state index is 13.6. The fourth-order valence-corrected chi connectivity index (χ4v) is 5.19. The molecule has 6 rings (SSSR count). The number of carbonyl (C=O) groups is 2. The lowest BCUT2D eigenvalue weighted by Gasteiger charge is -2.50. The van der Waals surface area contributed by atoms with Crippen molar-refractivity contribution in [2.45, 2.75) is 32.1 Å². The fourth-order valence-electron chi connectivity index (χ4n) is 5.19. The number of fused-ring (bicyclic) bond motifs is 1. The van der Waals surface area contributed by atoms with Gasteiger partial charge in [-0.3, -0.25) is 9.89 Å². The molecule has 1 amide bonds. The van der Waals surface area contributed by atoms with E-state index in [1.165, 1.54) is 28.5 Å². The Morgan fingerprint density at radius 1 is 1.10 bits per heavy atom. The van der Waals surface area contributed by atoms with Gasteiger partial charge >= 0.3 is 5.97 Å². The molecule has 2 aromatic carbocycles. The monoisotopic (exact) mass is 401 g/mol. The third kappa shape index (κ3) is 2.60. The molecule has 3 aromatic rings. The summed E-state index contributed by atoms with van der Waals surface area (Å²) in [5, 5.41) is 9.59. The van der Waals surface area contributed by atoms with Crippen LogP contribution in [0.1, 0.15) is 64.7 Å². The van der Waals surface area contributed by atoms with Crippen LogP contribution in [0.2, 0.25) is 0 Å². The van der Waals surface area contributed by atoms with Gasteiger partial charge in [0.1, 0.15) is 11.4 Å². The number of aromatic amines is 1. The quantitative estimate of drug-likeness (QED) is 0.642. The predicted molar refractivity (Wildman–Crippen MR) is 112 cm³/mol. The second-order valence-corrected chi connectivity index (χ2v) is 8.20. The van der Waals surface area contributed by atoms with Crippen LogP contribution in [0.3, 0.4) is 0 Å². The summed E-state index contributed by atoms with van der Waals surface area (Å²) in [6.45, 7) is 4.02. The molecule has 3 aliphatic rings. The number of esters is 1. The Bertz CT molecular complexity index is 1100. The number of hydrogen-bond acceptors (Lipinski definition) is 4. The summed E-state index contributed by atoms with van der Waals surface area (Å²) in [7, 11) is 0. The molecular formula is C24H23N3O3. The predicted octanol–water partition coefficient (Wildman–Crippen LogP) is 4.21. The molecule has 0 saturated carbocycles. The highest BCUT2D eigenvalue weighted by molar-refractivity contribution is 6.02. The molecule has 152 valence electrons. The van der Waals surface area contributed by atoms with Crippen molar-refractivity contribution >= 4 is 17.7 Å². The smallest absolute Gasteiger partial charge is 0.343 e. The molecule has 1 heterocycles. The average molecular weight is 401 g/mol. The summed E-state index contributed by atoms with van der Waals surface area (Å²) in [6, 6.07) is 16.8. The van der Waals surface area contributed by atoms with E-state index < -0.39 is 11.4 Å². The van der Waals surface area contributed by atoms with E-state index >= 15 is 0 Å². The molecular weight excluding hydrogens is 378 g/mol. The molecule has 0 saturated heterocycles. The number of carbonyl (C=O) groups excluding carboxylic acids is 2. The van der Waals surface area contributed by atoms with Crippen LogP contribution in [-0.4, -0.2) is 28.7 Å². The zero-order valence-corrected chi connectivity index (χ0v) is 16.9. The minimum Gasteiger partial charge on any atom is -0.462 e. The molecule has 0 spiro atoms. The Kier molecular flexibility index (Phi) is 4.24. The van der Waals surface area contributed by atoms with Gasteiger partial charge in [0.25, 0.3) is 0 Å². The number of ether oxygens (including phenoxy) is 1. The van der Waals surface area contributed by atoms with E-state index in [0.717, 1.165) is 0 Å². The SMILES string of the molecule is CCOC(=O)c1cn[nH]c1NC(=O)C1(C)CC2c3ccccc3C1c1ccccc12. The maximum absolute atomic E-state index is 13.6. The summed E-state index contributed by atoms with van der Waals surface area (Å²) >= 11 is 0. The molecule has 6 nitrogen and oxygen atoms in total. The molecule has 0 radical (unpaired) electrons. The second-order valence-electron chi connectivity index (χ2n) is 8.20. The lowest BCUT2D eigenvalue weighted by atomic mass is 9.52. The van der Waals surface area contributed by atoms with Crippen LogP contribution in [0.15, 0.2) is 54.7 Å². The topological polar surface area (TPSA) is 84.1 Å². The van der Waals surface area contributed by atoms with Gasteiger partial charge in [-0.2, -0.15) is 5.10 Å². The first kappa shape index (κ1) is 18.6. The zero-order chi connectivity index (χ0) is 20.9. The van der Waals surface area contributed by atoms with Crippen molar-refractivity contribution in [3.05, 3.63) is 82.5 Å². The van der Waals surface area contributed by atoms with Crippen molar-refractivity contribution in [3.8, 4) is 0 Å². The van der Waals surface area contributed by atoms with Crippen LogP contribution in [0.5, 0.6) is 0 Å². The van der Waals surface area contributed by atoms with E-state index in [1.807, 2.05) is 19.1 Å². The van der Waals surface area contributed by atoms with Crippen LogP contribution < -0.4 is 5.32 Å². The molecule has 0 aliphatic heterocycles. The largest absolute Gasteiger partial charge is 0.462 e. The van der Waals surface area contributed by atoms with Gasteiger partial charge in [0.15, 0.2) is 0 Å². The molecule has 30 heavy (non-hydrogen) atoms. The van der Waals surface area contributed by atoms with Gasteiger partial charge < -0.3 is 10.1 Å². The van der Waals surface area contributed by atoms with Crippen LogP contribution in [-0.2, 0) is 9.53 Å². The van der Waals surface area contributed by atoms with Crippen molar-refractivity contribution < 1.29 is 14.3 Å². The lowest BCUT2D eigenvalue weighted by Crippen LogP contribution is -2.47. The number of amides is 1. The summed E-state index contributed by atoms with van der Waals surface area (Å²) < 4.78 is 5.07. The summed E-state index contributed by atoms with van der Waals surface area (Å²) in [6.07, 6.45) is 2.09. The first-order valence-electron chi connectivity index (χ1n) is 10.2. The first-order chi connectivity index (χ1) is 14.5. The molecule has 0 fully saturated rings. The van der Waals surface area contributed by atoms with Gasteiger partial charge in [-0.15, -0.1) is 0 Å². The van der Waals surface area contributed by atoms with E-state index in [2.05, 4.69) is 51.9 Å². The van der Waals surface area contributed by atoms with Crippen molar-refractivity contribution in [3.63, 3.8) is 0 Å².